The molecule has 9 heteroatoms. The van der Waals surface area contributed by atoms with Gasteiger partial charge < -0.3 is 14.6 Å². The van der Waals surface area contributed by atoms with Gasteiger partial charge in [-0.2, -0.15) is 5.10 Å². The first-order chi connectivity index (χ1) is 17.9. The highest BCUT2D eigenvalue weighted by Gasteiger charge is 2.19. The van der Waals surface area contributed by atoms with Crippen molar-refractivity contribution in [3.8, 4) is 0 Å². The minimum absolute atomic E-state index is 0.00298. The van der Waals surface area contributed by atoms with E-state index in [0.29, 0.717) is 16.6 Å². The molecule has 37 heavy (non-hydrogen) atoms. The monoisotopic (exact) mass is 536 g/mol. The van der Waals surface area contributed by atoms with Gasteiger partial charge in [0.15, 0.2) is 0 Å². The van der Waals surface area contributed by atoms with Crippen molar-refractivity contribution in [2.45, 2.75) is 25.9 Å². The summed E-state index contributed by atoms with van der Waals surface area (Å²) < 4.78 is 7.06. The Bertz CT molecular complexity index is 1420. The highest BCUT2D eigenvalue weighted by Crippen LogP contribution is 2.25. The molecular weight excluding hydrogens is 511 g/mol. The molecule has 0 spiro atoms. The fourth-order valence-electron chi connectivity index (χ4n) is 4.00. The number of ether oxygens (including phenoxy) is 1. The number of carbonyl (C=O) groups excluding carboxylic acids is 2. The number of alkyl carbamates (subject to hydrolysis) is 1. The van der Waals surface area contributed by atoms with Crippen LogP contribution in [0.1, 0.15) is 36.1 Å². The van der Waals surface area contributed by atoms with Crippen molar-refractivity contribution in [2.75, 3.05) is 6.61 Å². The van der Waals surface area contributed by atoms with Crippen molar-refractivity contribution in [3.63, 3.8) is 0 Å². The summed E-state index contributed by atoms with van der Waals surface area (Å²) in [5.74, 6) is -0.349. The summed E-state index contributed by atoms with van der Waals surface area (Å²) in [5.41, 5.74) is 6.14. The molecule has 4 aromatic rings. The number of hydrogen-bond acceptors (Lipinski definition) is 4. The Morgan fingerprint density at radius 1 is 1.05 bits per heavy atom. The number of fused-ring (bicyclic) bond motifs is 1. The van der Waals surface area contributed by atoms with Crippen LogP contribution in [0.2, 0.25) is 10.0 Å². The van der Waals surface area contributed by atoms with E-state index in [1.54, 1.807) is 19.2 Å². The summed E-state index contributed by atoms with van der Waals surface area (Å²) >= 11 is 12.4. The molecule has 0 bridgehead atoms. The third-order valence-electron chi connectivity index (χ3n) is 5.73. The first kappa shape index (κ1) is 26.3. The summed E-state index contributed by atoms with van der Waals surface area (Å²) in [4.78, 5) is 24.7. The molecule has 0 radical (unpaired) electrons. The van der Waals surface area contributed by atoms with Gasteiger partial charge in [0.25, 0.3) is 0 Å². The molecule has 3 aromatic carbocycles. The molecule has 0 unspecified atom stereocenters. The molecule has 1 atom stereocenters. The van der Waals surface area contributed by atoms with Crippen molar-refractivity contribution < 1.29 is 14.3 Å². The van der Waals surface area contributed by atoms with Gasteiger partial charge in [-0.15, -0.1) is 0 Å². The fraction of sp³-hybridized carbons (Fsp3) is 0.179. The Morgan fingerprint density at radius 2 is 1.81 bits per heavy atom. The summed E-state index contributed by atoms with van der Waals surface area (Å²) in [6.07, 6.45) is 2.98. The quantitative estimate of drug-likeness (QED) is 0.194. The van der Waals surface area contributed by atoms with E-state index in [-0.39, 0.29) is 18.9 Å². The van der Waals surface area contributed by atoms with Gasteiger partial charge in [0.1, 0.15) is 0 Å². The number of hydrazone groups is 1. The Balaban J connectivity index is 1.48. The van der Waals surface area contributed by atoms with Crippen molar-refractivity contribution in [2.24, 2.45) is 5.10 Å². The van der Waals surface area contributed by atoms with Crippen LogP contribution in [0.4, 0.5) is 4.79 Å². The van der Waals surface area contributed by atoms with Crippen molar-refractivity contribution in [1.29, 1.82) is 0 Å². The second-order valence-electron chi connectivity index (χ2n) is 8.29. The summed E-state index contributed by atoms with van der Waals surface area (Å²) in [6.45, 7) is 2.51. The van der Waals surface area contributed by atoms with E-state index in [9.17, 15) is 9.59 Å². The Morgan fingerprint density at radius 3 is 2.57 bits per heavy atom. The van der Waals surface area contributed by atoms with Gasteiger partial charge in [-0.25, -0.2) is 10.2 Å². The van der Waals surface area contributed by atoms with Crippen LogP contribution in [0, 0.1) is 0 Å². The maximum absolute atomic E-state index is 12.7. The lowest BCUT2D eigenvalue weighted by atomic mass is 10.0. The molecule has 0 saturated heterocycles. The van der Waals surface area contributed by atoms with Crippen LogP contribution < -0.4 is 10.7 Å². The minimum Gasteiger partial charge on any atom is -0.450 e. The number of nitrogens with one attached hydrogen (secondary N) is 2. The number of carbonyl (C=O) groups is 2. The van der Waals surface area contributed by atoms with Crippen LogP contribution in [-0.4, -0.2) is 29.4 Å². The van der Waals surface area contributed by atoms with Gasteiger partial charge in [-0.05, 0) is 36.2 Å². The Hall–Kier alpha value is -3.81. The van der Waals surface area contributed by atoms with E-state index >= 15 is 0 Å². The smallest absolute Gasteiger partial charge is 0.407 e. The normalized spacial score (nSPS) is 12.0. The van der Waals surface area contributed by atoms with Crippen LogP contribution in [-0.2, 0) is 16.1 Å². The van der Waals surface area contributed by atoms with E-state index in [1.165, 1.54) is 0 Å². The molecule has 0 saturated carbocycles. The summed E-state index contributed by atoms with van der Waals surface area (Å²) in [6, 6.07) is 22.0. The minimum atomic E-state index is -0.582. The number of rotatable bonds is 9. The topological polar surface area (TPSA) is 84.7 Å². The largest absolute Gasteiger partial charge is 0.450 e. The lowest BCUT2D eigenvalue weighted by Gasteiger charge is -2.18. The lowest BCUT2D eigenvalue weighted by molar-refractivity contribution is -0.121. The maximum Gasteiger partial charge on any atom is 0.407 e. The number of benzene rings is 3. The molecule has 1 heterocycles. The number of amides is 2. The number of nitrogens with zero attached hydrogens (tertiary/aromatic N) is 2. The molecule has 7 nitrogen and oxygen atoms in total. The zero-order valence-electron chi connectivity index (χ0n) is 20.2. The molecule has 190 valence electrons. The van der Waals surface area contributed by atoms with Crippen molar-refractivity contribution in [1.82, 2.24) is 15.3 Å². The van der Waals surface area contributed by atoms with Gasteiger partial charge in [0.05, 0.1) is 25.3 Å². The molecule has 0 aliphatic carbocycles. The van der Waals surface area contributed by atoms with E-state index in [4.69, 9.17) is 27.9 Å². The van der Waals surface area contributed by atoms with Crippen LogP contribution >= 0.6 is 23.2 Å². The van der Waals surface area contributed by atoms with Gasteiger partial charge in [-0.1, -0.05) is 77.8 Å². The van der Waals surface area contributed by atoms with Gasteiger partial charge in [0.2, 0.25) is 5.91 Å². The molecular formula is C28H26Cl2N4O3. The number of hydrogen-bond donors (Lipinski definition) is 2. The molecule has 0 aliphatic heterocycles. The van der Waals surface area contributed by atoms with E-state index in [2.05, 4.69) is 20.4 Å². The first-order valence-electron chi connectivity index (χ1n) is 11.8. The molecule has 0 aliphatic rings. The highest BCUT2D eigenvalue weighted by molar-refractivity contribution is 6.35. The van der Waals surface area contributed by atoms with Gasteiger partial charge in [-0.3, -0.25) is 4.79 Å². The second kappa shape index (κ2) is 12.4. The molecule has 2 amide bonds. The van der Waals surface area contributed by atoms with Crippen LogP contribution in [0.15, 0.2) is 84.1 Å². The predicted octanol–water partition coefficient (Wildman–Crippen LogP) is 6.32. The van der Waals surface area contributed by atoms with Crippen LogP contribution in [0.5, 0.6) is 0 Å². The van der Waals surface area contributed by atoms with Gasteiger partial charge >= 0.3 is 6.09 Å². The number of aromatic nitrogens is 1. The average Bonchev–Trinajstić information content (AvgIpc) is 3.23. The van der Waals surface area contributed by atoms with E-state index < -0.39 is 12.1 Å². The lowest BCUT2D eigenvalue weighted by Crippen LogP contribution is -2.33. The number of halogens is 2. The van der Waals surface area contributed by atoms with Crippen molar-refractivity contribution in [3.05, 3.63) is 106 Å². The van der Waals surface area contributed by atoms with Crippen LogP contribution in [0.25, 0.3) is 10.9 Å². The maximum atomic E-state index is 12.7. The van der Waals surface area contributed by atoms with E-state index in [1.807, 2.05) is 72.9 Å². The molecule has 2 N–H and O–H groups in total. The fourth-order valence-corrected chi connectivity index (χ4v) is 4.47. The third-order valence-corrected chi connectivity index (χ3v) is 6.31. The zero-order valence-corrected chi connectivity index (χ0v) is 21.7. The SMILES string of the molecule is CCOC(=O)N[C@H](CC(=O)N/N=C\c1cn(Cc2ccc(Cl)cc2Cl)c2ccccc12)c1ccccc1. The molecule has 4 rings (SSSR count). The average molecular weight is 537 g/mol. The molecule has 0 fully saturated rings. The summed E-state index contributed by atoms with van der Waals surface area (Å²) in [7, 11) is 0. The Labute approximate surface area is 225 Å². The zero-order chi connectivity index (χ0) is 26.2. The van der Waals surface area contributed by atoms with Crippen molar-refractivity contribution >= 4 is 52.3 Å². The van der Waals surface area contributed by atoms with Gasteiger partial charge in [0, 0.05) is 39.3 Å². The molecule has 1 aromatic heterocycles. The van der Waals surface area contributed by atoms with E-state index in [0.717, 1.165) is 27.6 Å². The summed E-state index contributed by atoms with van der Waals surface area (Å²) in [5, 5.41) is 9.08. The standard InChI is InChI=1S/C28H26Cl2N4O3/c1-2-37-28(36)32-25(19-8-4-3-5-9-19)15-27(35)33-31-16-21-18-34(26-11-7-6-10-23(21)26)17-20-12-13-22(29)14-24(20)30/h3-14,16,18,25H,2,15,17H2,1H3,(H,32,36)(H,33,35)/b31-16-/t25-/m1/s1. The number of para-hydroxylation sites is 1. The third kappa shape index (κ3) is 6.90. The first-order valence-corrected chi connectivity index (χ1v) is 12.5. The highest BCUT2D eigenvalue weighted by atomic mass is 35.5. The predicted molar refractivity (Wildman–Crippen MR) is 147 cm³/mol. The van der Waals surface area contributed by atoms with Crippen LogP contribution in [0.3, 0.4) is 0 Å². The second-order valence-corrected chi connectivity index (χ2v) is 9.13. The Kier molecular flexibility index (Phi) is 8.82.